The predicted molar refractivity (Wildman–Crippen MR) is 99.9 cm³/mol. The van der Waals surface area contributed by atoms with E-state index in [0.717, 1.165) is 22.4 Å². The van der Waals surface area contributed by atoms with Gasteiger partial charge in [-0.3, -0.25) is 12.2 Å². The van der Waals surface area contributed by atoms with Crippen molar-refractivity contribution in [3.63, 3.8) is 0 Å². The van der Waals surface area contributed by atoms with E-state index in [4.69, 9.17) is 0 Å². The van der Waals surface area contributed by atoms with Crippen LogP contribution in [0.2, 0.25) is 13.1 Å². The first-order valence-corrected chi connectivity index (χ1v) is 10.2. The molecule has 0 aromatic rings. The van der Waals surface area contributed by atoms with Crippen LogP contribution in [-0.2, 0) is 25.8 Å². The topological polar surface area (TPSA) is 0 Å². The van der Waals surface area contributed by atoms with Crippen LogP contribution in [-0.4, -0.2) is 9.52 Å². The maximum Gasteiger partial charge on any atom is 0.0213 e. The number of hydrogen-bond acceptors (Lipinski definition) is 0. The monoisotopic (exact) mass is 347 g/mol. The molecule has 2 aliphatic carbocycles. The maximum atomic E-state index is 3.30. The Labute approximate surface area is 162 Å². The van der Waals surface area contributed by atoms with Gasteiger partial charge in [0.2, 0.25) is 0 Å². The van der Waals surface area contributed by atoms with E-state index in [9.17, 15) is 0 Å². The van der Waals surface area contributed by atoms with Gasteiger partial charge in [-0.1, -0.05) is 54.6 Å². The standard InChI is InChI=1S/2C9H13.C2H7Si.Sc.H/c2*1-9(2,3)8-6-4-5-7-8;1-3-2;;/h2*4,6H,5H2,1-3H3;3H,1-2H3;;/q2*-1;;;-1. The van der Waals surface area contributed by atoms with E-state index >= 15 is 0 Å². The smallest absolute Gasteiger partial charge is 0.0213 e. The molecule has 0 aromatic heterocycles. The molecule has 0 aromatic carbocycles. The van der Waals surface area contributed by atoms with Crippen molar-refractivity contribution in [1.29, 1.82) is 0 Å². The van der Waals surface area contributed by atoms with Gasteiger partial charge in [0.15, 0.2) is 0 Å². The molecule has 124 valence electrons. The molecule has 0 aliphatic heterocycles. The fourth-order valence-corrected chi connectivity index (χ4v) is 1.84. The van der Waals surface area contributed by atoms with Crippen LogP contribution in [0.15, 0.2) is 35.5 Å². The van der Waals surface area contributed by atoms with Gasteiger partial charge in [-0.25, -0.2) is 23.3 Å². The molecule has 2 heteroatoms. The molecular weight excluding hydrogens is 313 g/mol. The molecule has 0 spiro atoms. The molecule has 22 heavy (non-hydrogen) atoms. The Kier molecular flexibility index (Phi) is 12.8. The first kappa shape index (κ1) is 24.3. The minimum absolute atomic E-state index is 0. The summed E-state index contributed by atoms with van der Waals surface area (Å²) in [6.45, 7) is 17.7. The zero-order valence-electron chi connectivity index (χ0n) is 16.9. The summed E-state index contributed by atoms with van der Waals surface area (Å²) in [5.74, 6) is 0. The van der Waals surface area contributed by atoms with Gasteiger partial charge in [-0.15, -0.1) is 12.8 Å². The van der Waals surface area contributed by atoms with Crippen LogP contribution in [0, 0.1) is 23.0 Å². The van der Waals surface area contributed by atoms with Crippen molar-refractivity contribution in [2.45, 2.75) is 67.5 Å². The summed E-state index contributed by atoms with van der Waals surface area (Å²) in [6.07, 6.45) is 17.3. The molecule has 0 N–H and O–H groups in total. The predicted octanol–water partition coefficient (Wildman–Crippen LogP) is 6.07. The molecule has 0 bridgehead atoms. The summed E-state index contributed by atoms with van der Waals surface area (Å²) in [6, 6.07) is 0. The van der Waals surface area contributed by atoms with Crippen molar-refractivity contribution >= 4 is 9.52 Å². The van der Waals surface area contributed by atoms with Gasteiger partial charge in [0.05, 0.1) is 0 Å². The molecule has 2 rings (SSSR count). The van der Waals surface area contributed by atoms with Crippen molar-refractivity contribution in [3.05, 3.63) is 47.6 Å². The minimum atomic E-state index is 0. The SMILES string of the molecule is CC(C)(C)C1=[C-]CC=C1.CC(C)(C)C1=[C-]CC=C1.C[SiH]C.[H-].[Sc]. The average Bonchev–Trinajstić information content (AvgIpc) is 3.03. The second-order valence-corrected chi connectivity index (χ2v) is 8.63. The molecule has 0 nitrogen and oxygen atoms in total. The molecule has 2 aliphatic rings. The Morgan fingerprint density at radius 2 is 1.09 bits per heavy atom. The molecule has 0 amide bonds. The third-order valence-electron chi connectivity index (χ3n) is 3.01. The summed E-state index contributed by atoms with van der Waals surface area (Å²) in [4.78, 5) is 0. The second-order valence-electron chi connectivity index (χ2n) is 7.47. The third kappa shape index (κ3) is 10.7. The first-order valence-electron chi connectivity index (χ1n) is 7.92. The van der Waals surface area contributed by atoms with Crippen molar-refractivity contribution in [3.8, 4) is 0 Å². The van der Waals surface area contributed by atoms with E-state index in [1.54, 1.807) is 0 Å². The van der Waals surface area contributed by atoms with Crippen molar-refractivity contribution in [2.75, 3.05) is 0 Å². The third-order valence-corrected chi connectivity index (χ3v) is 3.01. The Morgan fingerprint density at radius 1 is 0.818 bits per heavy atom. The quantitative estimate of drug-likeness (QED) is 0.368. The van der Waals surface area contributed by atoms with E-state index < -0.39 is 0 Å². The van der Waals surface area contributed by atoms with Crippen LogP contribution >= 0.6 is 0 Å². The van der Waals surface area contributed by atoms with Crippen LogP contribution in [0.25, 0.3) is 0 Å². The largest absolute Gasteiger partial charge is 1.00 e. The maximum absolute atomic E-state index is 3.30. The fraction of sp³-hybridized carbons (Fsp3) is 0.600. The second kappa shape index (κ2) is 11.6. The summed E-state index contributed by atoms with van der Waals surface area (Å²) in [7, 11) is 0.750. The van der Waals surface area contributed by atoms with Gasteiger partial charge < -0.3 is 1.43 Å². The Bertz CT molecular complexity index is 378. The van der Waals surface area contributed by atoms with E-state index in [2.05, 4.69) is 91.1 Å². The summed E-state index contributed by atoms with van der Waals surface area (Å²) in [5.41, 5.74) is 3.30. The fourth-order valence-electron chi connectivity index (χ4n) is 1.84. The van der Waals surface area contributed by atoms with Crippen molar-refractivity contribution in [1.82, 2.24) is 0 Å². The van der Waals surface area contributed by atoms with Gasteiger partial charge in [0, 0.05) is 35.4 Å². The summed E-state index contributed by atoms with van der Waals surface area (Å²) >= 11 is 0. The zero-order valence-corrected chi connectivity index (χ0v) is 18.8. The molecule has 0 atom stereocenters. The van der Waals surface area contributed by atoms with Gasteiger partial charge in [-0.05, 0) is 10.8 Å². The Hall–Kier alpha value is 0.0470. The van der Waals surface area contributed by atoms with Crippen molar-refractivity contribution < 1.29 is 27.3 Å². The van der Waals surface area contributed by atoms with Crippen LogP contribution in [0.1, 0.15) is 55.8 Å². The summed E-state index contributed by atoms with van der Waals surface area (Å²) < 4.78 is 0. The Morgan fingerprint density at radius 3 is 1.18 bits per heavy atom. The van der Waals surface area contributed by atoms with E-state index in [1.807, 2.05) is 0 Å². The van der Waals surface area contributed by atoms with Gasteiger partial charge in [0.1, 0.15) is 0 Å². The molecule has 0 saturated heterocycles. The molecule has 0 saturated carbocycles. The van der Waals surface area contributed by atoms with Crippen LogP contribution in [0.4, 0.5) is 0 Å². The van der Waals surface area contributed by atoms with Gasteiger partial charge in [0.25, 0.3) is 0 Å². The Balaban J connectivity index is -0.000000277. The average molecular weight is 348 g/mol. The normalized spacial score (nSPS) is 15.8. The molecule has 2 radical (unpaired) electrons. The molecule has 0 heterocycles. The molecule has 0 fully saturated rings. The number of hydrogen-bond donors (Lipinski definition) is 0. The van der Waals surface area contributed by atoms with Crippen LogP contribution in [0.3, 0.4) is 0 Å². The summed E-state index contributed by atoms with van der Waals surface area (Å²) in [5, 5.41) is 0. The van der Waals surface area contributed by atoms with Crippen LogP contribution < -0.4 is 0 Å². The van der Waals surface area contributed by atoms with Gasteiger partial charge >= 0.3 is 0 Å². The number of rotatable bonds is 0. The molecule has 0 unspecified atom stereocenters. The van der Waals surface area contributed by atoms with E-state index in [0.29, 0.717) is 10.8 Å². The zero-order chi connectivity index (χ0) is 16.5. The van der Waals surface area contributed by atoms with E-state index in [-0.39, 0.29) is 27.3 Å². The van der Waals surface area contributed by atoms with E-state index in [1.165, 1.54) is 11.1 Å². The molecular formula is C20H34ScSi-3. The van der Waals surface area contributed by atoms with Gasteiger partial charge in [-0.2, -0.15) is 12.2 Å². The number of allylic oxidation sites excluding steroid dienone is 8. The minimum Gasteiger partial charge on any atom is -1.00 e. The van der Waals surface area contributed by atoms with Crippen LogP contribution in [0.5, 0.6) is 0 Å². The van der Waals surface area contributed by atoms with Crippen molar-refractivity contribution in [2.24, 2.45) is 10.8 Å². The first-order chi connectivity index (χ1) is 9.62.